The predicted octanol–water partition coefficient (Wildman–Crippen LogP) is 2.01. The van der Waals surface area contributed by atoms with Crippen LogP contribution in [0.15, 0.2) is 30.3 Å². The van der Waals surface area contributed by atoms with Gasteiger partial charge < -0.3 is 25.2 Å². The van der Waals surface area contributed by atoms with Crippen molar-refractivity contribution >= 4 is 36.6 Å². The maximum Gasteiger partial charge on any atom is 0.322 e. The highest BCUT2D eigenvalue weighted by molar-refractivity contribution is 6.32. The Morgan fingerprint density at radius 3 is 2.58 bits per heavy atom. The molecule has 2 aromatic rings. The van der Waals surface area contributed by atoms with Gasteiger partial charge in [-0.2, -0.15) is 0 Å². The highest BCUT2D eigenvalue weighted by Crippen LogP contribution is 2.30. The van der Waals surface area contributed by atoms with E-state index >= 15 is 4.39 Å². The first kappa shape index (κ1) is 23.2. The van der Waals surface area contributed by atoms with Crippen LogP contribution < -0.4 is 16.1 Å². The van der Waals surface area contributed by atoms with Crippen molar-refractivity contribution in [1.29, 1.82) is 0 Å². The first-order chi connectivity index (χ1) is 15.8. The van der Waals surface area contributed by atoms with E-state index in [0.29, 0.717) is 29.7 Å². The SMILES string of the molecule is [B]c1ccc(NC(=O)N2C[C@H](OC)C[C@@H]2C(=O)Nc2cc(F)c3c(c2F)CN(C)CC3)cc1. The molecule has 0 aliphatic carbocycles. The van der Waals surface area contributed by atoms with E-state index in [1.54, 1.807) is 24.3 Å². The van der Waals surface area contributed by atoms with Crippen molar-refractivity contribution in [2.45, 2.75) is 31.5 Å². The Morgan fingerprint density at radius 1 is 1.15 bits per heavy atom. The van der Waals surface area contributed by atoms with Gasteiger partial charge in [-0.15, -0.1) is 0 Å². The number of carbonyl (C=O) groups is 2. The van der Waals surface area contributed by atoms with Crippen LogP contribution in [-0.2, 0) is 22.5 Å². The van der Waals surface area contributed by atoms with Gasteiger partial charge in [0.1, 0.15) is 19.7 Å². The molecular formula is C23H25BF2N4O3. The summed E-state index contributed by atoms with van der Waals surface area (Å²) >= 11 is 0. The number of halogens is 2. The van der Waals surface area contributed by atoms with E-state index in [-0.39, 0.29) is 36.9 Å². The monoisotopic (exact) mass is 454 g/mol. The number of fused-ring (bicyclic) bond motifs is 1. The van der Waals surface area contributed by atoms with Crippen LogP contribution in [0.25, 0.3) is 0 Å². The molecular weight excluding hydrogens is 429 g/mol. The number of rotatable bonds is 4. The zero-order valence-electron chi connectivity index (χ0n) is 18.5. The van der Waals surface area contributed by atoms with Crippen LogP contribution in [0.2, 0.25) is 0 Å². The molecule has 3 amide bonds. The quantitative estimate of drug-likeness (QED) is 0.694. The van der Waals surface area contributed by atoms with E-state index in [1.165, 1.54) is 12.0 Å². The number of nitrogens with one attached hydrogen (secondary N) is 2. The summed E-state index contributed by atoms with van der Waals surface area (Å²) < 4.78 is 35.1. The number of benzene rings is 2. The molecule has 0 bridgehead atoms. The first-order valence-electron chi connectivity index (χ1n) is 10.7. The normalized spacial score (nSPS) is 20.4. The lowest BCUT2D eigenvalue weighted by Crippen LogP contribution is -2.45. The lowest BCUT2D eigenvalue weighted by molar-refractivity contribution is -0.119. The Labute approximate surface area is 192 Å². The molecule has 1 saturated heterocycles. The highest BCUT2D eigenvalue weighted by Gasteiger charge is 2.40. The molecule has 7 nitrogen and oxygen atoms in total. The fourth-order valence-electron chi connectivity index (χ4n) is 4.31. The molecule has 4 rings (SSSR count). The second-order valence-corrected chi connectivity index (χ2v) is 8.47. The molecule has 0 saturated carbocycles. The number of urea groups is 1. The van der Waals surface area contributed by atoms with Crippen molar-refractivity contribution in [3.63, 3.8) is 0 Å². The number of hydrogen-bond donors (Lipinski definition) is 2. The smallest absolute Gasteiger partial charge is 0.322 e. The molecule has 33 heavy (non-hydrogen) atoms. The number of hydrogen-bond acceptors (Lipinski definition) is 4. The van der Waals surface area contributed by atoms with Gasteiger partial charge in [-0.1, -0.05) is 17.6 Å². The van der Waals surface area contributed by atoms with Crippen LogP contribution in [0.5, 0.6) is 0 Å². The summed E-state index contributed by atoms with van der Waals surface area (Å²) in [5, 5.41) is 5.22. The third-order valence-electron chi connectivity index (χ3n) is 6.18. The van der Waals surface area contributed by atoms with Gasteiger partial charge in [0.2, 0.25) is 5.91 Å². The molecule has 2 atom stereocenters. The van der Waals surface area contributed by atoms with Gasteiger partial charge in [0, 0.05) is 50.5 Å². The molecule has 0 spiro atoms. The highest BCUT2D eigenvalue weighted by atomic mass is 19.1. The van der Waals surface area contributed by atoms with Gasteiger partial charge in [0.05, 0.1) is 11.8 Å². The fourth-order valence-corrected chi connectivity index (χ4v) is 4.31. The maximum atomic E-state index is 15.1. The van der Waals surface area contributed by atoms with Crippen molar-refractivity contribution in [1.82, 2.24) is 9.80 Å². The number of anilines is 2. The van der Waals surface area contributed by atoms with Gasteiger partial charge in [-0.3, -0.25) is 4.79 Å². The number of carbonyl (C=O) groups excluding carboxylic acids is 2. The number of nitrogens with zero attached hydrogens (tertiary/aromatic N) is 2. The number of methoxy groups -OCH3 is 1. The number of likely N-dealkylation sites (N-methyl/N-ethyl adjacent to an activating group) is 1. The second-order valence-electron chi connectivity index (χ2n) is 8.47. The topological polar surface area (TPSA) is 73.9 Å². The average Bonchev–Trinajstić information content (AvgIpc) is 3.24. The van der Waals surface area contributed by atoms with Gasteiger partial charge in [0.25, 0.3) is 0 Å². The zero-order valence-corrected chi connectivity index (χ0v) is 18.5. The van der Waals surface area contributed by atoms with Gasteiger partial charge in [-0.25, -0.2) is 13.6 Å². The van der Waals surface area contributed by atoms with Crippen molar-refractivity contribution < 1.29 is 23.1 Å². The van der Waals surface area contributed by atoms with Crippen LogP contribution in [0, 0.1) is 11.6 Å². The zero-order chi connectivity index (χ0) is 23.7. The molecule has 1 fully saturated rings. The van der Waals surface area contributed by atoms with Crippen LogP contribution in [-0.4, -0.2) is 69.0 Å². The summed E-state index contributed by atoms with van der Waals surface area (Å²) in [5.41, 5.74) is 1.43. The summed E-state index contributed by atoms with van der Waals surface area (Å²) in [4.78, 5) is 29.2. The van der Waals surface area contributed by atoms with E-state index in [9.17, 15) is 14.0 Å². The molecule has 2 aliphatic heterocycles. The van der Waals surface area contributed by atoms with Crippen molar-refractivity contribution in [2.75, 3.05) is 37.9 Å². The molecule has 2 radical (unpaired) electrons. The third kappa shape index (κ3) is 4.86. The van der Waals surface area contributed by atoms with E-state index in [1.807, 2.05) is 11.9 Å². The average molecular weight is 454 g/mol. The predicted molar refractivity (Wildman–Crippen MR) is 122 cm³/mol. The van der Waals surface area contributed by atoms with Crippen molar-refractivity contribution in [3.05, 3.63) is 53.1 Å². The minimum Gasteiger partial charge on any atom is -0.380 e. The number of ether oxygens (including phenoxy) is 1. The third-order valence-corrected chi connectivity index (χ3v) is 6.18. The van der Waals surface area contributed by atoms with Crippen LogP contribution >= 0.6 is 0 Å². The molecule has 0 unspecified atom stereocenters. The van der Waals surface area contributed by atoms with Crippen LogP contribution in [0.4, 0.5) is 25.0 Å². The van der Waals surface area contributed by atoms with Crippen molar-refractivity contribution in [2.24, 2.45) is 0 Å². The summed E-state index contributed by atoms with van der Waals surface area (Å²) in [5.74, 6) is -1.80. The standard InChI is InChI=1S/C23H25BF2N4O3/c1-29-8-7-16-17(12-29)21(26)19(10-18(16)25)28-22(31)20-9-15(33-2)11-30(20)23(32)27-14-5-3-13(24)4-6-14/h3-6,10,15,20H,7-9,11-12H2,1-2H3,(H,27,32)(H,28,31)/t15-,20-/m1/s1. The van der Waals surface area contributed by atoms with Gasteiger partial charge in [0.15, 0.2) is 5.82 Å². The Bertz CT molecular complexity index is 1070. The first-order valence-corrected chi connectivity index (χ1v) is 10.7. The Morgan fingerprint density at radius 2 is 1.88 bits per heavy atom. The molecule has 172 valence electrons. The Balaban J connectivity index is 1.53. The summed E-state index contributed by atoms with van der Waals surface area (Å²) in [6, 6.07) is 6.18. The lowest BCUT2D eigenvalue weighted by Gasteiger charge is -2.27. The molecule has 2 aromatic carbocycles. The molecule has 2 heterocycles. The van der Waals surface area contributed by atoms with E-state index in [0.717, 1.165) is 6.07 Å². The minimum absolute atomic E-state index is 0.182. The second kappa shape index (κ2) is 9.48. The minimum atomic E-state index is -0.912. The van der Waals surface area contributed by atoms with Gasteiger partial charge in [-0.05, 0) is 31.2 Å². The van der Waals surface area contributed by atoms with Crippen LogP contribution in [0.1, 0.15) is 17.5 Å². The van der Waals surface area contributed by atoms with E-state index in [4.69, 9.17) is 12.6 Å². The number of likely N-dealkylation sites (tertiary alicyclic amines) is 1. The van der Waals surface area contributed by atoms with Gasteiger partial charge >= 0.3 is 6.03 Å². The Kier molecular flexibility index (Phi) is 6.67. The summed E-state index contributed by atoms with van der Waals surface area (Å²) in [7, 11) is 8.99. The molecule has 2 N–H and O–H groups in total. The fraction of sp³-hybridized carbons (Fsp3) is 0.391. The maximum absolute atomic E-state index is 15.1. The van der Waals surface area contributed by atoms with E-state index in [2.05, 4.69) is 10.6 Å². The molecule has 10 heteroatoms. The van der Waals surface area contributed by atoms with E-state index < -0.39 is 29.6 Å². The summed E-state index contributed by atoms with van der Waals surface area (Å²) in [6.45, 7) is 1.07. The van der Waals surface area contributed by atoms with Crippen LogP contribution in [0.3, 0.4) is 0 Å². The summed E-state index contributed by atoms with van der Waals surface area (Å²) in [6.07, 6.45) is 0.270. The molecule has 2 aliphatic rings. The molecule has 0 aromatic heterocycles. The lowest BCUT2D eigenvalue weighted by atomic mass is 9.96. The van der Waals surface area contributed by atoms with Crippen molar-refractivity contribution in [3.8, 4) is 0 Å². The largest absolute Gasteiger partial charge is 0.380 e. The Hall–Kier alpha value is -2.98. The number of amides is 3.